The summed E-state index contributed by atoms with van der Waals surface area (Å²) in [5.41, 5.74) is 3.11. The van der Waals surface area contributed by atoms with Crippen LogP contribution in [0.2, 0.25) is 0 Å². The van der Waals surface area contributed by atoms with Crippen LogP contribution in [0.4, 0.5) is 0 Å². The van der Waals surface area contributed by atoms with Gasteiger partial charge in [0, 0.05) is 0 Å². The first kappa shape index (κ1) is 36.9. The molecule has 10 heteroatoms. The van der Waals surface area contributed by atoms with Crippen molar-refractivity contribution in [3.8, 4) is 11.5 Å². The van der Waals surface area contributed by atoms with E-state index in [1.807, 2.05) is 115 Å². The van der Waals surface area contributed by atoms with Crippen molar-refractivity contribution < 1.29 is 47.4 Å². The third-order valence-electron chi connectivity index (χ3n) is 8.42. The first-order chi connectivity index (χ1) is 25.3. The molecule has 0 N–H and O–H groups in total. The maximum Gasteiger partial charge on any atom is 0.187 e. The zero-order chi connectivity index (χ0) is 34.8. The van der Waals surface area contributed by atoms with E-state index in [9.17, 15) is 0 Å². The summed E-state index contributed by atoms with van der Waals surface area (Å²) in [6.07, 6.45) is -3.08. The van der Waals surface area contributed by atoms with Gasteiger partial charge in [0.1, 0.15) is 37.6 Å². The Morgan fingerprint density at radius 3 is 1.51 bits per heavy atom. The summed E-state index contributed by atoms with van der Waals surface area (Å²) in [6.45, 7) is 4.03. The van der Waals surface area contributed by atoms with Gasteiger partial charge in [0.05, 0.1) is 66.1 Å². The summed E-state index contributed by atoms with van der Waals surface area (Å²) < 4.78 is 63.0. The molecule has 4 aromatic rings. The summed E-state index contributed by atoms with van der Waals surface area (Å²) in [7, 11) is 0. The van der Waals surface area contributed by atoms with Crippen molar-refractivity contribution in [2.75, 3.05) is 59.5 Å². The Kier molecular flexibility index (Phi) is 15.1. The fourth-order valence-corrected chi connectivity index (χ4v) is 5.89. The van der Waals surface area contributed by atoms with E-state index in [2.05, 4.69) is 0 Å². The first-order valence-electron chi connectivity index (χ1n) is 17.6. The number of rotatable bonds is 10. The highest BCUT2D eigenvalue weighted by Crippen LogP contribution is 2.31. The fourth-order valence-electron chi connectivity index (χ4n) is 5.89. The van der Waals surface area contributed by atoms with Gasteiger partial charge >= 0.3 is 0 Å². The minimum Gasteiger partial charge on any atom is -0.487 e. The lowest BCUT2D eigenvalue weighted by Gasteiger charge is -2.45. The minimum absolute atomic E-state index is 0.248. The molecule has 51 heavy (non-hydrogen) atoms. The zero-order valence-electron chi connectivity index (χ0n) is 28.9. The molecule has 0 amide bonds. The summed E-state index contributed by atoms with van der Waals surface area (Å²) >= 11 is 0. The van der Waals surface area contributed by atoms with Crippen LogP contribution in [0.3, 0.4) is 0 Å². The Balaban J connectivity index is 1.22. The van der Waals surface area contributed by atoms with E-state index in [4.69, 9.17) is 47.4 Å². The second-order valence-electron chi connectivity index (χ2n) is 12.1. The van der Waals surface area contributed by atoms with Crippen LogP contribution in [-0.2, 0) is 57.7 Å². The van der Waals surface area contributed by atoms with E-state index in [0.717, 1.165) is 16.7 Å². The molecule has 0 radical (unpaired) electrons. The zero-order valence-corrected chi connectivity index (χ0v) is 28.9. The molecular formula is C41H48O10. The van der Waals surface area contributed by atoms with E-state index in [1.54, 1.807) is 0 Å². The maximum absolute atomic E-state index is 6.73. The van der Waals surface area contributed by atoms with E-state index in [1.165, 1.54) is 0 Å². The topological polar surface area (TPSA) is 92.3 Å². The smallest absolute Gasteiger partial charge is 0.187 e. The van der Waals surface area contributed by atoms with Gasteiger partial charge in [-0.15, -0.1) is 0 Å². The molecule has 1 fully saturated rings. The van der Waals surface area contributed by atoms with Crippen molar-refractivity contribution in [3.63, 3.8) is 0 Å². The van der Waals surface area contributed by atoms with E-state index in [-0.39, 0.29) is 13.2 Å². The Hall–Kier alpha value is -3.84. The van der Waals surface area contributed by atoms with Crippen molar-refractivity contribution in [1.29, 1.82) is 0 Å². The molecule has 10 nitrogen and oxygen atoms in total. The molecule has 0 spiro atoms. The van der Waals surface area contributed by atoms with Crippen molar-refractivity contribution >= 4 is 0 Å². The number of hydrogen-bond acceptors (Lipinski definition) is 10. The SMILES string of the molecule is c1ccc(COC[C@H]2O[C@@H]3OCCOCCOc4ccccc4OCCOCCO[C@H]2[C@H](OCc2ccccc2)[C@H]3OCc2ccccc2)cc1. The Labute approximate surface area is 300 Å². The molecular weight excluding hydrogens is 652 g/mol. The molecule has 3 aliphatic heterocycles. The van der Waals surface area contributed by atoms with Gasteiger partial charge in [-0.2, -0.15) is 0 Å². The first-order valence-corrected chi connectivity index (χ1v) is 17.6. The number of fused-ring (bicyclic) bond motifs is 14. The maximum atomic E-state index is 6.73. The minimum atomic E-state index is -0.787. The lowest BCUT2D eigenvalue weighted by molar-refractivity contribution is -0.328. The lowest BCUT2D eigenvalue weighted by atomic mass is 9.98. The summed E-state index contributed by atoms with van der Waals surface area (Å²) in [5.74, 6) is 1.31. The predicted octanol–water partition coefficient (Wildman–Crippen LogP) is 6.01. The van der Waals surface area contributed by atoms with Gasteiger partial charge in [-0.3, -0.25) is 0 Å². The van der Waals surface area contributed by atoms with E-state index in [0.29, 0.717) is 77.6 Å². The summed E-state index contributed by atoms with van der Waals surface area (Å²) in [5, 5.41) is 0. The second kappa shape index (κ2) is 20.9. The molecule has 5 atom stereocenters. The summed E-state index contributed by atoms with van der Waals surface area (Å²) in [6, 6.07) is 37.7. The number of hydrogen-bond donors (Lipinski definition) is 0. The molecule has 7 rings (SSSR count). The highest BCUT2D eigenvalue weighted by Gasteiger charge is 2.49. The fraction of sp³-hybridized carbons (Fsp3) is 0.415. The normalized spacial score (nSPS) is 23.7. The molecule has 1 saturated heterocycles. The van der Waals surface area contributed by atoms with Crippen molar-refractivity contribution in [1.82, 2.24) is 0 Å². The number of ether oxygens (including phenoxy) is 10. The molecule has 0 unspecified atom stereocenters. The van der Waals surface area contributed by atoms with E-state index < -0.39 is 30.7 Å². The highest BCUT2D eigenvalue weighted by molar-refractivity contribution is 5.39. The molecule has 272 valence electrons. The average Bonchev–Trinajstić information content (AvgIpc) is 3.17. The van der Waals surface area contributed by atoms with Crippen LogP contribution in [0, 0.1) is 0 Å². The van der Waals surface area contributed by atoms with E-state index >= 15 is 0 Å². The molecule has 4 aromatic carbocycles. The van der Waals surface area contributed by atoms with Gasteiger partial charge in [-0.05, 0) is 28.8 Å². The Morgan fingerprint density at radius 2 is 0.941 bits per heavy atom. The molecule has 0 aromatic heterocycles. The van der Waals surface area contributed by atoms with Crippen LogP contribution in [0.5, 0.6) is 11.5 Å². The standard InChI is InChI=1S/C41H48O10/c1-4-12-32(13-5-1)28-44-31-37-38-39(49-29-33-14-6-2-7-15-33)40(50-30-34-16-8-3-9-17-34)41(51-37)48-27-23-43-21-25-46-36-19-11-10-18-35(36)45-24-20-42-22-26-47-38/h1-19,37-41H,20-31H2/t37-,38-,39+,40-,41+/m1/s1. The highest BCUT2D eigenvalue weighted by atomic mass is 16.7. The van der Waals surface area contributed by atoms with Gasteiger partial charge in [0.15, 0.2) is 17.8 Å². The van der Waals surface area contributed by atoms with Crippen molar-refractivity contribution in [2.24, 2.45) is 0 Å². The van der Waals surface area contributed by atoms with Crippen LogP contribution < -0.4 is 9.47 Å². The van der Waals surface area contributed by atoms with Crippen molar-refractivity contribution in [2.45, 2.75) is 50.5 Å². The molecule has 0 aliphatic carbocycles. The Bertz CT molecular complexity index is 1510. The largest absolute Gasteiger partial charge is 0.487 e. The third kappa shape index (κ3) is 11.8. The van der Waals surface area contributed by atoms with Crippen LogP contribution in [-0.4, -0.2) is 90.2 Å². The average molecular weight is 701 g/mol. The second-order valence-corrected chi connectivity index (χ2v) is 12.1. The molecule has 0 saturated carbocycles. The van der Waals surface area contributed by atoms with Crippen LogP contribution in [0.1, 0.15) is 16.7 Å². The molecule has 3 aliphatic rings. The third-order valence-corrected chi connectivity index (χ3v) is 8.42. The van der Waals surface area contributed by atoms with Crippen LogP contribution >= 0.6 is 0 Å². The van der Waals surface area contributed by atoms with Crippen LogP contribution in [0.15, 0.2) is 115 Å². The van der Waals surface area contributed by atoms with Crippen molar-refractivity contribution in [3.05, 3.63) is 132 Å². The Morgan fingerprint density at radius 1 is 0.471 bits per heavy atom. The summed E-state index contributed by atoms with van der Waals surface area (Å²) in [4.78, 5) is 0. The van der Waals surface area contributed by atoms with Gasteiger partial charge in [0.25, 0.3) is 0 Å². The van der Waals surface area contributed by atoms with Gasteiger partial charge in [-0.1, -0.05) is 103 Å². The number of para-hydroxylation sites is 2. The number of benzene rings is 4. The monoisotopic (exact) mass is 700 g/mol. The van der Waals surface area contributed by atoms with Gasteiger partial charge in [0.2, 0.25) is 0 Å². The lowest BCUT2D eigenvalue weighted by Crippen LogP contribution is -2.62. The predicted molar refractivity (Wildman–Crippen MR) is 190 cm³/mol. The van der Waals surface area contributed by atoms with Crippen LogP contribution in [0.25, 0.3) is 0 Å². The molecule has 3 heterocycles. The quantitative estimate of drug-likeness (QED) is 0.183. The van der Waals surface area contributed by atoms with Gasteiger partial charge in [-0.25, -0.2) is 0 Å². The molecule has 2 bridgehead atoms. The van der Waals surface area contributed by atoms with Gasteiger partial charge < -0.3 is 47.4 Å².